The third-order valence-corrected chi connectivity index (χ3v) is 7.01. The predicted octanol–water partition coefficient (Wildman–Crippen LogP) is 1.76. The minimum atomic E-state index is -3.66. The SMILES string of the molecule is CS(=O)(=O)OC[C@H]1CN(c2ccc(-c3ccc(N4CC[S+]([O-])CC4)nc3)c(F)c2)C(=O)O1. The van der Waals surface area contributed by atoms with E-state index in [0.717, 1.165) is 12.1 Å². The summed E-state index contributed by atoms with van der Waals surface area (Å²) in [5.41, 5.74) is 1.21. The average Bonchev–Trinajstić information content (AvgIpc) is 3.13. The number of carbonyl (C=O) groups excluding carboxylic acids is 1. The summed E-state index contributed by atoms with van der Waals surface area (Å²) in [4.78, 5) is 19.8. The maximum Gasteiger partial charge on any atom is 0.414 e. The van der Waals surface area contributed by atoms with Crippen LogP contribution < -0.4 is 9.80 Å². The number of aromatic nitrogens is 1. The lowest BCUT2D eigenvalue weighted by molar-refractivity contribution is 0.107. The molecule has 0 saturated carbocycles. The van der Waals surface area contributed by atoms with Crippen LogP contribution in [-0.2, 0) is 30.2 Å². The molecule has 1 amide bonds. The van der Waals surface area contributed by atoms with E-state index in [0.29, 0.717) is 41.4 Å². The van der Waals surface area contributed by atoms with Crippen molar-refractivity contribution in [3.63, 3.8) is 0 Å². The van der Waals surface area contributed by atoms with E-state index in [1.807, 2.05) is 4.90 Å². The minimum Gasteiger partial charge on any atom is -0.616 e. The van der Waals surface area contributed by atoms with Crippen molar-refractivity contribution >= 4 is 38.9 Å². The van der Waals surface area contributed by atoms with Gasteiger partial charge < -0.3 is 14.2 Å². The first-order valence-electron chi connectivity index (χ1n) is 9.88. The number of benzene rings is 1. The summed E-state index contributed by atoms with van der Waals surface area (Å²) in [7, 11) is -3.66. The van der Waals surface area contributed by atoms with Gasteiger partial charge in [0.2, 0.25) is 0 Å². The second-order valence-electron chi connectivity index (χ2n) is 7.51. The molecule has 1 aromatic heterocycles. The van der Waals surface area contributed by atoms with E-state index in [9.17, 15) is 22.2 Å². The zero-order valence-electron chi connectivity index (χ0n) is 17.3. The molecule has 3 heterocycles. The number of cyclic esters (lactones) is 1. The second-order valence-corrected chi connectivity index (χ2v) is 10.8. The fraction of sp³-hybridized carbons (Fsp3) is 0.400. The van der Waals surface area contributed by atoms with Crippen molar-refractivity contribution in [2.24, 2.45) is 0 Å². The number of ether oxygens (including phenoxy) is 1. The van der Waals surface area contributed by atoms with Gasteiger partial charge in [-0.05, 0) is 30.3 Å². The van der Waals surface area contributed by atoms with E-state index in [1.54, 1.807) is 30.5 Å². The highest BCUT2D eigenvalue weighted by Crippen LogP contribution is 2.30. The molecule has 0 aliphatic carbocycles. The van der Waals surface area contributed by atoms with Crippen LogP contribution in [0.25, 0.3) is 11.1 Å². The molecule has 0 radical (unpaired) electrons. The maximum absolute atomic E-state index is 14.9. The van der Waals surface area contributed by atoms with Crippen LogP contribution in [0.2, 0.25) is 0 Å². The monoisotopic (exact) mass is 483 g/mol. The number of carbonyl (C=O) groups is 1. The van der Waals surface area contributed by atoms with Gasteiger partial charge in [-0.3, -0.25) is 9.08 Å². The number of amides is 1. The Morgan fingerprint density at radius 3 is 2.66 bits per heavy atom. The molecule has 9 nitrogen and oxygen atoms in total. The molecule has 0 unspecified atom stereocenters. The number of halogens is 1. The van der Waals surface area contributed by atoms with E-state index < -0.39 is 39.3 Å². The lowest BCUT2D eigenvalue weighted by atomic mass is 10.1. The number of rotatable bonds is 6. The van der Waals surface area contributed by atoms with Gasteiger partial charge in [-0.15, -0.1) is 0 Å². The molecular formula is C20H22FN3O6S2. The quantitative estimate of drug-likeness (QED) is 0.451. The molecule has 0 spiro atoms. The molecule has 32 heavy (non-hydrogen) atoms. The number of hydrogen-bond donors (Lipinski definition) is 0. The van der Waals surface area contributed by atoms with E-state index in [2.05, 4.69) is 9.17 Å². The first kappa shape index (κ1) is 22.8. The summed E-state index contributed by atoms with van der Waals surface area (Å²) in [6.07, 6.45) is 1.02. The van der Waals surface area contributed by atoms with Crippen LogP contribution in [0.15, 0.2) is 36.5 Å². The Morgan fingerprint density at radius 2 is 2.03 bits per heavy atom. The number of hydrogen-bond acceptors (Lipinski definition) is 8. The van der Waals surface area contributed by atoms with Gasteiger partial charge in [0.25, 0.3) is 10.1 Å². The molecule has 2 aromatic rings. The Bertz CT molecular complexity index is 1090. The molecule has 12 heteroatoms. The highest BCUT2D eigenvalue weighted by molar-refractivity contribution is 7.91. The molecule has 0 bridgehead atoms. The minimum absolute atomic E-state index is 0.0457. The standard InChI is InChI=1S/C20H22FN3O6S2/c1-32(27,28)29-13-16-12-24(20(25)30-16)15-3-4-17(18(21)10-15)14-2-5-19(22-11-14)23-6-8-31(26)9-7-23/h2-5,10-11,16H,6-9,12-13H2,1H3/t16-/m1/s1. The van der Waals surface area contributed by atoms with Gasteiger partial charge >= 0.3 is 6.09 Å². The van der Waals surface area contributed by atoms with Crippen LogP contribution in [0.5, 0.6) is 0 Å². The van der Waals surface area contributed by atoms with E-state index in [4.69, 9.17) is 4.74 Å². The largest absolute Gasteiger partial charge is 0.616 e. The molecule has 0 N–H and O–H groups in total. The van der Waals surface area contributed by atoms with Crippen molar-refractivity contribution in [2.75, 3.05) is 53.8 Å². The molecular weight excluding hydrogens is 461 g/mol. The predicted molar refractivity (Wildman–Crippen MR) is 118 cm³/mol. The molecule has 2 fully saturated rings. The normalized spacial score (nSPS) is 20.0. The first-order chi connectivity index (χ1) is 15.2. The summed E-state index contributed by atoms with van der Waals surface area (Å²) in [5.74, 6) is 1.44. The number of nitrogens with zero attached hydrogens (tertiary/aromatic N) is 3. The highest BCUT2D eigenvalue weighted by Gasteiger charge is 2.33. The summed E-state index contributed by atoms with van der Waals surface area (Å²) in [6.45, 7) is 1.09. The van der Waals surface area contributed by atoms with Crippen LogP contribution in [0.4, 0.5) is 20.7 Å². The van der Waals surface area contributed by atoms with Crippen molar-refractivity contribution in [3.8, 4) is 11.1 Å². The van der Waals surface area contributed by atoms with Crippen molar-refractivity contribution in [1.82, 2.24) is 4.98 Å². The first-order valence-corrected chi connectivity index (χ1v) is 13.2. The van der Waals surface area contributed by atoms with Crippen LogP contribution in [-0.4, -0.2) is 74.2 Å². The molecule has 2 aliphatic heterocycles. The van der Waals surface area contributed by atoms with Crippen molar-refractivity contribution < 1.29 is 31.1 Å². The van der Waals surface area contributed by atoms with Gasteiger partial charge in [-0.1, -0.05) is 11.2 Å². The van der Waals surface area contributed by atoms with E-state index in [1.165, 1.54) is 11.0 Å². The maximum atomic E-state index is 14.9. The molecule has 2 aliphatic rings. The van der Waals surface area contributed by atoms with E-state index >= 15 is 0 Å². The van der Waals surface area contributed by atoms with Crippen LogP contribution in [0.1, 0.15) is 0 Å². The van der Waals surface area contributed by atoms with Crippen molar-refractivity contribution in [3.05, 3.63) is 42.3 Å². The Hall–Kier alpha value is -2.41. The average molecular weight is 484 g/mol. The molecule has 172 valence electrons. The molecule has 1 aromatic carbocycles. The zero-order valence-corrected chi connectivity index (χ0v) is 18.9. The Labute approximate surface area is 188 Å². The van der Waals surface area contributed by atoms with Crippen LogP contribution in [0.3, 0.4) is 0 Å². The van der Waals surface area contributed by atoms with E-state index in [-0.39, 0.29) is 13.2 Å². The third kappa shape index (κ3) is 5.31. The van der Waals surface area contributed by atoms with Gasteiger partial charge in [-0.2, -0.15) is 8.42 Å². The van der Waals surface area contributed by atoms with Gasteiger partial charge in [0, 0.05) is 17.3 Å². The fourth-order valence-corrected chi connectivity index (χ4v) is 4.98. The number of anilines is 2. The van der Waals surface area contributed by atoms with Gasteiger partial charge in [0.1, 0.15) is 35.9 Å². The van der Waals surface area contributed by atoms with Crippen LogP contribution >= 0.6 is 0 Å². The Morgan fingerprint density at radius 1 is 1.28 bits per heavy atom. The molecule has 4 rings (SSSR count). The highest BCUT2D eigenvalue weighted by atomic mass is 32.2. The Kier molecular flexibility index (Phi) is 6.56. The fourth-order valence-electron chi connectivity index (χ4n) is 3.52. The number of pyridine rings is 1. The van der Waals surface area contributed by atoms with Gasteiger partial charge in [0.15, 0.2) is 0 Å². The van der Waals surface area contributed by atoms with Crippen molar-refractivity contribution in [1.29, 1.82) is 0 Å². The summed E-state index contributed by atoms with van der Waals surface area (Å²) >= 11 is -0.775. The lowest BCUT2D eigenvalue weighted by Crippen LogP contribution is -2.40. The second kappa shape index (κ2) is 9.22. The third-order valence-electron chi connectivity index (χ3n) is 5.17. The summed E-state index contributed by atoms with van der Waals surface area (Å²) in [5, 5.41) is 0. The lowest BCUT2D eigenvalue weighted by Gasteiger charge is -2.29. The molecule has 1 atom stereocenters. The van der Waals surface area contributed by atoms with Gasteiger partial charge in [-0.25, -0.2) is 14.2 Å². The van der Waals surface area contributed by atoms with Crippen molar-refractivity contribution in [2.45, 2.75) is 6.10 Å². The topological polar surface area (TPSA) is 112 Å². The summed E-state index contributed by atoms with van der Waals surface area (Å²) < 4.78 is 58.4. The molecule has 2 saturated heterocycles. The van der Waals surface area contributed by atoms with Crippen LogP contribution in [0, 0.1) is 5.82 Å². The smallest absolute Gasteiger partial charge is 0.414 e. The Balaban J connectivity index is 1.45. The summed E-state index contributed by atoms with van der Waals surface area (Å²) in [6, 6.07) is 7.95. The zero-order chi connectivity index (χ0) is 22.9. The van der Waals surface area contributed by atoms with Gasteiger partial charge in [0.05, 0.1) is 31.6 Å².